The van der Waals surface area contributed by atoms with E-state index >= 15 is 0 Å². The third-order valence-corrected chi connectivity index (χ3v) is 2.70. The van der Waals surface area contributed by atoms with Crippen LogP contribution in [0.2, 0.25) is 0 Å². The third-order valence-electron chi connectivity index (χ3n) is 2.70. The van der Waals surface area contributed by atoms with Gasteiger partial charge in [-0.05, 0) is 19.5 Å². The van der Waals surface area contributed by atoms with E-state index in [0.717, 1.165) is 25.3 Å². The maximum absolute atomic E-state index is 5.93. The molecule has 0 amide bonds. The largest absolute Gasteiger partial charge is 0.496 e. The topological polar surface area (TPSA) is 38.5 Å². The normalized spacial score (nSPS) is 12.8. The van der Waals surface area contributed by atoms with Crippen molar-refractivity contribution < 1.29 is 4.74 Å². The van der Waals surface area contributed by atoms with Gasteiger partial charge in [0.15, 0.2) is 0 Å². The highest BCUT2D eigenvalue weighted by Gasteiger charge is 2.08. The summed E-state index contributed by atoms with van der Waals surface area (Å²) < 4.78 is 5.32. The maximum Gasteiger partial charge on any atom is 0.123 e. The molecule has 0 radical (unpaired) electrons. The van der Waals surface area contributed by atoms with Crippen molar-refractivity contribution in [2.24, 2.45) is 5.73 Å². The number of nitrogens with zero attached hydrogens (tertiary/aromatic N) is 1. The van der Waals surface area contributed by atoms with Gasteiger partial charge in [-0.15, -0.1) is 0 Å². The second kappa shape index (κ2) is 6.51. The van der Waals surface area contributed by atoms with Gasteiger partial charge in [-0.1, -0.05) is 25.1 Å². The number of methoxy groups -OCH3 is 1. The number of benzene rings is 1. The summed E-state index contributed by atoms with van der Waals surface area (Å²) >= 11 is 0. The predicted octanol–water partition coefficient (Wildman–Crippen LogP) is 1.86. The van der Waals surface area contributed by atoms with Gasteiger partial charge in [0.05, 0.1) is 7.11 Å². The molecule has 0 aliphatic carbocycles. The van der Waals surface area contributed by atoms with Gasteiger partial charge in [0.25, 0.3) is 0 Å². The van der Waals surface area contributed by atoms with Crippen molar-refractivity contribution in [3.8, 4) is 5.75 Å². The summed E-state index contributed by atoms with van der Waals surface area (Å²) in [7, 11) is 3.79. The van der Waals surface area contributed by atoms with Crippen molar-refractivity contribution in [3.05, 3.63) is 29.8 Å². The van der Waals surface area contributed by atoms with Crippen molar-refractivity contribution in [2.75, 3.05) is 20.7 Å². The molecule has 1 aromatic rings. The van der Waals surface area contributed by atoms with Crippen molar-refractivity contribution in [1.82, 2.24) is 4.90 Å². The highest BCUT2D eigenvalue weighted by molar-refractivity contribution is 5.32. The Hall–Kier alpha value is -1.06. The summed E-state index contributed by atoms with van der Waals surface area (Å²) in [5.74, 6) is 0.944. The second-order valence-electron chi connectivity index (χ2n) is 4.18. The van der Waals surface area contributed by atoms with E-state index < -0.39 is 0 Å². The molecule has 0 spiro atoms. The number of likely N-dealkylation sites (N-methyl/N-ethyl adjacent to an activating group) is 1. The zero-order valence-electron chi connectivity index (χ0n) is 10.4. The molecule has 90 valence electrons. The Morgan fingerprint density at radius 1 is 1.38 bits per heavy atom. The highest BCUT2D eigenvalue weighted by atomic mass is 16.5. The van der Waals surface area contributed by atoms with Crippen LogP contribution >= 0.6 is 0 Å². The standard InChI is InChI=1S/C13H22N2O/c1-4-12(14)10-15(2)9-11-7-5-6-8-13(11)16-3/h5-8,12H,4,9-10,14H2,1-3H3. The molecule has 3 heteroatoms. The molecule has 2 N–H and O–H groups in total. The van der Waals surface area contributed by atoms with Gasteiger partial charge in [-0.3, -0.25) is 0 Å². The Morgan fingerprint density at radius 2 is 2.06 bits per heavy atom. The fraction of sp³-hybridized carbons (Fsp3) is 0.538. The fourth-order valence-corrected chi connectivity index (χ4v) is 1.72. The molecule has 0 aromatic heterocycles. The first-order valence-electron chi connectivity index (χ1n) is 5.73. The van der Waals surface area contributed by atoms with Crippen molar-refractivity contribution >= 4 is 0 Å². The molecule has 16 heavy (non-hydrogen) atoms. The summed E-state index contributed by atoms with van der Waals surface area (Å²) in [6, 6.07) is 8.35. The molecule has 0 heterocycles. The third kappa shape index (κ3) is 3.83. The van der Waals surface area contributed by atoms with Crippen LogP contribution in [0.3, 0.4) is 0 Å². The second-order valence-corrected chi connectivity index (χ2v) is 4.18. The predicted molar refractivity (Wildman–Crippen MR) is 67.6 cm³/mol. The monoisotopic (exact) mass is 222 g/mol. The van der Waals surface area contributed by atoms with Crippen LogP contribution in [-0.2, 0) is 6.54 Å². The summed E-state index contributed by atoms with van der Waals surface area (Å²) in [4.78, 5) is 2.23. The lowest BCUT2D eigenvalue weighted by molar-refractivity contribution is 0.294. The van der Waals surface area contributed by atoms with E-state index in [-0.39, 0.29) is 6.04 Å². The molecule has 1 rings (SSSR count). The van der Waals surface area contributed by atoms with Crippen LogP contribution in [0.4, 0.5) is 0 Å². The first kappa shape index (κ1) is 13.0. The van der Waals surface area contributed by atoms with Crippen LogP contribution < -0.4 is 10.5 Å². The molecule has 0 fully saturated rings. The number of nitrogens with two attached hydrogens (primary N) is 1. The van der Waals surface area contributed by atoms with Gasteiger partial charge in [0, 0.05) is 24.7 Å². The van der Waals surface area contributed by atoms with Gasteiger partial charge in [0.1, 0.15) is 5.75 Å². The number of para-hydroxylation sites is 1. The minimum absolute atomic E-state index is 0.250. The van der Waals surface area contributed by atoms with E-state index in [1.54, 1.807) is 7.11 Å². The summed E-state index contributed by atoms with van der Waals surface area (Å²) in [5, 5.41) is 0. The Morgan fingerprint density at radius 3 is 2.69 bits per heavy atom. The molecular formula is C13H22N2O. The smallest absolute Gasteiger partial charge is 0.123 e. The molecule has 0 saturated heterocycles. The summed E-state index contributed by atoms with van der Waals surface area (Å²) in [5.41, 5.74) is 7.13. The van der Waals surface area contributed by atoms with Crippen molar-refractivity contribution in [2.45, 2.75) is 25.9 Å². The van der Waals surface area contributed by atoms with Gasteiger partial charge < -0.3 is 15.4 Å². The van der Waals surface area contributed by atoms with Gasteiger partial charge in [-0.25, -0.2) is 0 Å². The zero-order valence-corrected chi connectivity index (χ0v) is 10.4. The molecule has 1 aromatic carbocycles. The van der Waals surface area contributed by atoms with Crippen LogP contribution in [0.1, 0.15) is 18.9 Å². The van der Waals surface area contributed by atoms with Crippen molar-refractivity contribution in [3.63, 3.8) is 0 Å². The SMILES string of the molecule is CCC(N)CN(C)Cc1ccccc1OC. The number of rotatable bonds is 6. The Balaban J connectivity index is 2.58. The maximum atomic E-state index is 5.93. The Labute approximate surface area is 98.2 Å². The molecule has 0 aliphatic heterocycles. The zero-order chi connectivity index (χ0) is 12.0. The molecule has 1 atom stereocenters. The van der Waals surface area contributed by atoms with E-state index in [2.05, 4.69) is 24.9 Å². The lowest BCUT2D eigenvalue weighted by Gasteiger charge is -2.21. The van der Waals surface area contributed by atoms with Crippen LogP contribution in [0.15, 0.2) is 24.3 Å². The van der Waals surface area contributed by atoms with E-state index in [1.807, 2.05) is 18.2 Å². The summed E-state index contributed by atoms with van der Waals surface area (Å²) in [6.45, 7) is 3.90. The van der Waals surface area contributed by atoms with Crippen LogP contribution in [0.5, 0.6) is 5.75 Å². The molecule has 0 bridgehead atoms. The lowest BCUT2D eigenvalue weighted by atomic mass is 10.1. The van der Waals surface area contributed by atoms with Crippen LogP contribution in [0, 0.1) is 0 Å². The molecule has 3 nitrogen and oxygen atoms in total. The van der Waals surface area contributed by atoms with Gasteiger partial charge in [-0.2, -0.15) is 0 Å². The van der Waals surface area contributed by atoms with E-state index in [0.29, 0.717) is 0 Å². The van der Waals surface area contributed by atoms with Crippen LogP contribution in [0.25, 0.3) is 0 Å². The number of ether oxygens (including phenoxy) is 1. The van der Waals surface area contributed by atoms with Crippen LogP contribution in [-0.4, -0.2) is 31.6 Å². The van der Waals surface area contributed by atoms with Crippen molar-refractivity contribution in [1.29, 1.82) is 0 Å². The number of hydrogen-bond acceptors (Lipinski definition) is 3. The van der Waals surface area contributed by atoms with E-state index in [1.165, 1.54) is 5.56 Å². The highest BCUT2D eigenvalue weighted by Crippen LogP contribution is 2.18. The first-order valence-corrected chi connectivity index (χ1v) is 5.73. The number of hydrogen-bond donors (Lipinski definition) is 1. The minimum Gasteiger partial charge on any atom is -0.496 e. The van der Waals surface area contributed by atoms with E-state index in [4.69, 9.17) is 10.5 Å². The minimum atomic E-state index is 0.250. The molecule has 0 aliphatic rings. The first-order chi connectivity index (χ1) is 7.67. The van der Waals surface area contributed by atoms with E-state index in [9.17, 15) is 0 Å². The average molecular weight is 222 g/mol. The average Bonchev–Trinajstić information content (AvgIpc) is 2.29. The Bertz CT molecular complexity index is 315. The molecule has 1 unspecified atom stereocenters. The Kier molecular flexibility index (Phi) is 5.29. The van der Waals surface area contributed by atoms with Gasteiger partial charge in [0.2, 0.25) is 0 Å². The molecule has 0 saturated carbocycles. The molecular weight excluding hydrogens is 200 g/mol. The lowest BCUT2D eigenvalue weighted by Crippen LogP contribution is -2.34. The summed E-state index contributed by atoms with van der Waals surface area (Å²) in [6.07, 6.45) is 1.01. The quantitative estimate of drug-likeness (QED) is 0.798. The fourth-order valence-electron chi connectivity index (χ4n) is 1.72. The van der Waals surface area contributed by atoms with Gasteiger partial charge >= 0.3 is 0 Å².